The summed E-state index contributed by atoms with van der Waals surface area (Å²) >= 11 is 0. The molecular formula is C21H23F3N4O3S. The van der Waals surface area contributed by atoms with E-state index in [2.05, 4.69) is 15.1 Å². The van der Waals surface area contributed by atoms with Crippen LogP contribution in [-0.4, -0.2) is 49.3 Å². The zero-order valence-electron chi connectivity index (χ0n) is 17.2. The third-order valence-electron chi connectivity index (χ3n) is 4.81. The van der Waals surface area contributed by atoms with Gasteiger partial charge < -0.3 is 10.4 Å². The van der Waals surface area contributed by atoms with E-state index in [1.165, 1.54) is 19.2 Å². The topological polar surface area (TPSA) is 96.2 Å². The maximum absolute atomic E-state index is 12.9. The van der Waals surface area contributed by atoms with E-state index >= 15 is 0 Å². The molecule has 0 fully saturated rings. The maximum atomic E-state index is 12.9. The highest BCUT2D eigenvalue weighted by Gasteiger charge is 2.30. The van der Waals surface area contributed by atoms with Crippen LogP contribution >= 0.6 is 0 Å². The summed E-state index contributed by atoms with van der Waals surface area (Å²) in [6.45, 7) is 0.370. The Morgan fingerprint density at radius 3 is 2.38 bits per heavy atom. The van der Waals surface area contributed by atoms with Crippen LogP contribution in [0.15, 0.2) is 54.7 Å². The van der Waals surface area contributed by atoms with Crippen LogP contribution in [0.5, 0.6) is 0 Å². The van der Waals surface area contributed by atoms with E-state index in [1.54, 1.807) is 35.1 Å². The van der Waals surface area contributed by atoms with Crippen LogP contribution in [0.3, 0.4) is 0 Å². The Bertz CT molecular complexity index is 1160. The van der Waals surface area contributed by atoms with Crippen molar-refractivity contribution >= 4 is 15.7 Å². The predicted octanol–water partition coefficient (Wildman–Crippen LogP) is 3.19. The van der Waals surface area contributed by atoms with Crippen molar-refractivity contribution in [3.05, 3.63) is 60.3 Å². The number of aliphatic hydroxyl groups is 1. The van der Waals surface area contributed by atoms with Gasteiger partial charge in [0.15, 0.2) is 0 Å². The Balaban J connectivity index is 1.95. The fraction of sp³-hybridized carbons (Fsp3) is 0.286. The Hall–Kier alpha value is -2.89. The monoisotopic (exact) mass is 468 g/mol. The van der Waals surface area contributed by atoms with Crippen molar-refractivity contribution in [1.82, 2.24) is 14.5 Å². The molecule has 172 valence electrons. The molecule has 0 atom stereocenters. The van der Waals surface area contributed by atoms with Crippen LogP contribution in [0.1, 0.15) is 5.56 Å². The second-order valence-corrected chi connectivity index (χ2v) is 9.02. The molecule has 0 spiro atoms. The fourth-order valence-corrected chi connectivity index (χ4v) is 3.67. The molecule has 0 aliphatic heterocycles. The predicted molar refractivity (Wildman–Crippen MR) is 117 cm³/mol. The minimum Gasteiger partial charge on any atom is -0.394 e. The van der Waals surface area contributed by atoms with E-state index in [0.29, 0.717) is 34.6 Å². The lowest BCUT2D eigenvalue weighted by molar-refractivity contribution is -0.137. The summed E-state index contributed by atoms with van der Waals surface area (Å²) in [5, 5.41) is 16.6. The van der Waals surface area contributed by atoms with Crippen LogP contribution in [0.4, 0.5) is 18.9 Å². The lowest BCUT2D eigenvalue weighted by Crippen LogP contribution is -2.26. The molecule has 0 amide bonds. The average Bonchev–Trinajstić information content (AvgIpc) is 3.22. The number of nitrogens with zero attached hydrogens (tertiary/aromatic N) is 2. The summed E-state index contributed by atoms with van der Waals surface area (Å²) < 4.78 is 65.8. The smallest absolute Gasteiger partial charge is 0.394 e. The van der Waals surface area contributed by atoms with Crippen molar-refractivity contribution in [3.8, 4) is 22.4 Å². The number of aromatic nitrogens is 2. The van der Waals surface area contributed by atoms with E-state index in [4.69, 9.17) is 5.11 Å². The van der Waals surface area contributed by atoms with Crippen LogP contribution in [0, 0.1) is 0 Å². The van der Waals surface area contributed by atoms with Gasteiger partial charge in [0.2, 0.25) is 10.0 Å². The first-order valence-electron chi connectivity index (χ1n) is 9.74. The summed E-state index contributed by atoms with van der Waals surface area (Å²) in [5.74, 6) is -0.136. The van der Waals surface area contributed by atoms with Crippen molar-refractivity contribution in [1.29, 1.82) is 0 Å². The van der Waals surface area contributed by atoms with Gasteiger partial charge in [-0.05, 0) is 48.5 Å². The SMILES string of the molecule is CNS(=O)(=O)CCNc1ccc(-c2ccc(C(F)(F)F)cc2)cc1-c1ccn(CCO)n1. The second-order valence-electron chi connectivity index (χ2n) is 6.97. The van der Waals surface area contributed by atoms with Gasteiger partial charge in [-0.1, -0.05) is 18.2 Å². The summed E-state index contributed by atoms with van der Waals surface area (Å²) in [6, 6.07) is 11.9. The first-order chi connectivity index (χ1) is 15.1. The zero-order chi connectivity index (χ0) is 23.4. The molecular weight excluding hydrogens is 445 g/mol. The van der Waals surface area contributed by atoms with Crippen molar-refractivity contribution in [3.63, 3.8) is 0 Å². The average molecular weight is 469 g/mol. The van der Waals surface area contributed by atoms with Gasteiger partial charge in [0.1, 0.15) is 0 Å². The lowest BCUT2D eigenvalue weighted by atomic mass is 9.99. The lowest BCUT2D eigenvalue weighted by Gasteiger charge is -2.14. The third kappa shape index (κ3) is 5.87. The molecule has 3 rings (SSSR count). The Morgan fingerprint density at radius 2 is 1.75 bits per heavy atom. The van der Waals surface area contributed by atoms with Crippen molar-refractivity contribution < 1.29 is 26.7 Å². The standard InChI is InChI=1S/C21H23F3N4O3S/c1-25-32(30,31)13-9-26-19-7-4-16(15-2-5-17(6-3-15)21(22,23)24)14-18(19)20-8-10-28(27-20)11-12-29/h2-8,10,14,25-26,29H,9,11-13H2,1H3. The quantitative estimate of drug-likeness (QED) is 0.448. The number of halogens is 3. The van der Waals surface area contributed by atoms with Gasteiger partial charge >= 0.3 is 6.18 Å². The third-order valence-corrected chi connectivity index (χ3v) is 6.17. The Kier molecular flexibility index (Phi) is 7.22. The van der Waals surface area contributed by atoms with Crippen molar-refractivity contribution in [2.45, 2.75) is 12.7 Å². The normalized spacial score (nSPS) is 12.2. The molecule has 1 aromatic heterocycles. The molecule has 0 saturated heterocycles. The molecule has 0 aliphatic rings. The van der Waals surface area contributed by atoms with Crippen LogP contribution < -0.4 is 10.0 Å². The van der Waals surface area contributed by atoms with E-state index in [9.17, 15) is 21.6 Å². The minimum absolute atomic E-state index is 0.0836. The number of hydrogen-bond donors (Lipinski definition) is 3. The highest BCUT2D eigenvalue weighted by Crippen LogP contribution is 2.34. The van der Waals surface area contributed by atoms with E-state index < -0.39 is 21.8 Å². The first-order valence-corrected chi connectivity index (χ1v) is 11.4. The number of anilines is 1. The highest BCUT2D eigenvalue weighted by molar-refractivity contribution is 7.89. The number of rotatable bonds is 9. The van der Waals surface area contributed by atoms with E-state index in [-0.39, 0.29) is 18.9 Å². The highest BCUT2D eigenvalue weighted by atomic mass is 32.2. The molecule has 2 aromatic carbocycles. The number of nitrogens with one attached hydrogen (secondary N) is 2. The van der Waals surface area contributed by atoms with E-state index in [1.807, 2.05) is 0 Å². The molecule has 0 aliphatic carbocycles. The molecule has 0 unspecified atom stereocenters. The number of alkyl halides is 3. The molecule has 11 heteroatoms. The van der Waals surface area contributed by atoms with Gasteiger partial charge in [0, 0.05) is 24.0 Å². The summed E-state index contributed by atoms with van der Waals surface area (Å²) in [6.07, 6.45) is -2.71. The Morgan fingerprint density at radius 1 is 1.06 bits per heavy atom. The Labute approximate surface area is 183 Å². The van der Waals surface area contributed by atoms with Gasteiger partial charge in [-0.25, -0.2) is 13.1 Å². The molecule has 3 aromatic rings. The fourth-order valence-electron chi connectivity index (χ4n) is 3.10. The molecule has 0 radical (unpaired) electrons. The largest absolute Gasteiger partial charge is 0.416 e. The number of hydrogen-bond acceptors (Lipinski definition) is 5. The molecule has 3 N–H and O–H groups in total. The molecule has 7 nitrogen and oxygen atoms in total. The van der Waals surface area contributed by atoms with Gasteiger partial charge in [-0.3, -0.25) is 4.68 Å². The van der Waals surface area contributed by atoms with Crippen LogP contribution in [-0.2, 0) is 22.7 Å². The number of aliphatic hydroxyl groups excluding tert-OH is 1. The number of benzene rings is 2. The molecule has 1 heterocycles. The second kappa shape index (κ2) is 9.72. The summed E-state index contributed by atoms with van der Waals surface area (Å²) in [5.41, 5.74) is 2.40. The van der Waals surface area contributed by atoms with Crippen molar-refractivity contribution in [2.75, 3.05) is 31.3 Å². The van der Waals surface area contributed by atoms with Gasteiger partial charge in [0.05, 0.1) is 30.2 Å². The van der Waals surface area contributed by atoms with Crippen LogP contribution in [0.2, 0.25) is 0 Å². The molecule has 0 bridgehead atoms. The molecule has 32 heavy (non-hydrogen) atoms. The summed E-state index contributed by atoms with van der Waals surface area (Å²) in [7, 11) is -2.05. The van der Waals surface area contributed by atoms with E-state index in [0.717, 1.165) is 12.1 Å². The van der Waals surface area contributed by atoms with Gasteiger partial charge in [-0.2, -0.15) is 18.3 Å². The molecule has 0 saturated carbocycles. The first kappa shape index (κ1) is 23.8. The van der Waals surface area contributed by atoms with Gasteiger partial charge in [-0.15, -0.1) is 0 Å². The van der Waals surface area contributed by atoms with Crippen molar-refractivity contribution in [2.24, 2.45) is 0 Å². The minimum atomic E-state index is -4.41. The van der Waals surface area contributed by atoms with Gasteiger partial charge in [0.25, 0.3) is 0 Å². The summed E-state index contributed by atoms with van der Waals surface area (Å²) in [4.78, 5) is 0. The van der Waals surface area contributed by atoms with Crippen LogP contribution in [0.25, 0.3) is 22.4 Å². The zero-order valence-corrected chi connectivity index (χ0v) is 18.0. The maximum Gasteiger partial charge on any atom is 0.416 e. The number of sulfonamides is 1.